The number of carbonyl (C=O) groups is 1. The highest BCUT2D eigenvalue weighted by Gasteiger charge is 2.28. The summed E-state index contributed by atoms with van der Waals surface area (Å²) >= 11 is 0. The van der Waals surface area contributed by atoms with Crippen LogP contribution in [0.15, 0.2) is 0 Å². The van der Waals surface area contributed by atoms with E-state index >= 15 is 0 Å². The smallest absolute Gasteiger partial charge is 0.224 e. The topological polar surface area (TPSA) is 46.3 Å². The van der Waals surface area contributed by atoms with Crippen molar-refractivity contribution in [3.05, 3.63) is 0 Å². The Morgan fingerprint density at radius 2 is 2.00 bits per heavy atom. The highest BCUT2D eigenvalue weighted by Crippen LogP contribution is 2.26. The molecule has 2 N–H and O–H groups in total. The molecule has 0 aromatic carbocycles. The van der Waals surface area contributed by atoms with Crippen molar-refractivity contribution in [3.8, 4) is 0 Å². The van der Waals surface area contributed by atoms with Gasteiger partial charge in [0.2, 0.25) is 5.91 Å². The first kappa shape index (κ1) is 16.7. The summed E-state index contributed by atoms with van der Waals surface area (Å²) in [6.45, 7) is 8.10. The highest BCUT2D eigenvalue weighted by atomic mass is 35.5. The Balaban J connectivity index is 0.00000256. The number of halogens is 1. The molecular weight excluding hydrogens is 236 g/mol. The van der Waals surface area contributed by atoms with Gasteiger partial charge in [-0.1, -0.05) is 20.8 Å². The largest absolute Gasteiger partial charge is 0.339 e. The monoisotopic (exact) mass is 262 g/mol. The van der Waals surface area contributed by atoms with Gasteiger partial charge in [0.1, 0.15) is 0 Å². The Hall–Kier alpha value is -0.280. The van der Waals surface area contributed by atoms with E-state index in [-0.39, 0.29) is 18.3 Å². The molecule has 0 saturated carbocycles. The SMILES string of the molecule is CC1CCC(C(C)C)N(C(=O)CCN)CC1.Cl. The van der Waals surface area contributed by atoms with Crippen LogP contribution >= 0.6 is 12.4 Å². The summed E-state index contributed by atoms with van der Waals surface area (Å²) in [6, 6.07) is 0.420. The molecule has 4 heteroatoms. The summed E-state index contributed by atoms with van der Waals surface area (Å²) in [7, 11) is 0. The van der Waals surface area contributed by atoms with E-state index < -0.39 is 0 Å². The molecule has 1 heterocycles. The van der Waals surface area contributed by atoms with Crippen LogP contribution in [0.25, 0.3) is 0 Å². The number of hydrogen-bond donors (Lipinski definition) is 1. The Morgan fingerprint density at radius 1 is 1.35 bits per heavy atom. The number of likely N-dealkylation sites (tertiary alicyclic amines) is 1. The molecule has 3 nitrogen and oxygen atoms in total. The van der Waals surface area contributed by atoms with Gasteiger partial charge in [-0.3, -0.25) is 4.79 Å². The zero-order chi connectivity index (χ0) is 12.1. The summed E-state index contributed by atoms with van der Waals surface area (Å²) in [5.74, 6) is 1.54. The molecule has 2 atom stereocenters. The Bertz CT molecular complexity index is 233. The lowest BCUT2D eigenvalue weighted by Crippen LogP contribution is -2.43. The maximum Gasteiger partial charge on any atom is 0.224 e. The number of amides is 1. The van der Waals surface area contributed by atoms with Gasteiger partial charge in [0.05, 0.1) is 0 Å². The van der Waals surface area contributed by atoms with Crippen molar-refractivity contribution in [2.24, 2.45) is 17.6 Å². The zero-order valence-electron chi connectivity index (χ0n) is 11.3. The highest BCUT2D eigenvalue weighted by molar-refractivity contribution is 5.85. The molecule has 0 aromatic rings. The van der Waals surface area contributed by atoms with Gasteiger partial charge in [-0.05, 0) is 31.1 Å². The second kappa shape index (κ2) is 7.93. The summed E-state index contributed by atoms with van der Waals surface area (Å²) < 4.78 is 0. The minimum atomic E-state index is 0. The van der Waals surface area contributed by atoms with Crippen LogP contribution in [0.3, 0.4) is 0 Å². The van der Waals surface area contributed by atoms with Crippen molar-refractivity contribution >= 4 is 18.3 Å². The van der Waals surface area contributed by atoms with E-state index in [0.29, 0.717) is 24.9 Å². The van der Waals surface area contributed by atoms with Crippen molar-refractivity contribution in [1.29, 1.82) is 0 Å². The van der Waals surface area contributed by atoms with Crippen LogP contribution in [0.1, 0.15) is 46.5 Å². The van der Waals surface area contributed by atoms with Gasteiger partial charge in [-0.15, -0.1) is 12.4 Å². The molecule has 0 aromatic heterocycles. The summed E-state index contributed by atoms with van der Waals surface area (Å²) in [5.41, 5.74) is 5.48. The fourth-order valence-electron chi connectivity index (χ4n) is 2.55. The van der Waals surface area contributed by atoms with Crippen molar-refractivity contribution in [2.45, 2.75) is 52.5 Å². The first-order valence-electron chi connectivity index (χ1n) is 6.55. The molecule has 1 saturated heterocycles. The van der Waals surface area contributed by atoms with E-state index in [1.54, 1.807) is 0 Å². The van der Waals surface area contributed by atoms with Gasteiger partial charge in [0.15, 0.2) is 0 Å². The molecule has 0 radical (unpaired) electrons. The fraction of sp³-hybridized carbons (Fsp3) is 0.923. The normalized spacial score (nSPS) is 25.4. The van der Waals surface area contributed by atoms with E-state index in [0.717, 1.165) is 25.3 Å². The standard InChI is InChI=1S/C13H26N2O.ClH/c1-10(2)12-5-4-11(3)7-9-15(12)13(16)6-8-14;/h10-12H,4-9,14H2,1-3H3;1H. The van der Waals surface area contributed by atoms with E-state index in [1.165, 1.54) is 6.42 Å². The second-order valence-corrected chi connectivity index (χ2v) is 5.41. The number of nitrogens with two attached hydrogens (primary N) is 1. The fourth-order valence-corrected chi connectivity index (χ4v) is 2.55. The molecule has 1 aliphatic heterocycles. The number of carbonyl (C=O) groups excluding carboxylic acids is 1. The second-order valence-electron chi connectivity index (χ2n) is 5.41. The quantitative estimate of drug-likeness (QED) is 0.849. The minimum Gasteiger partial charge on any atom is -0.339 e. The van der Waals surface area contributed by atoms with Crippen molar-refractivity contribution in [2.75, 3.05) is 13.1 Å². The van der Waals surface area contributed by atoms with Crippen LogP contribution in [0, 0.1) is 11.8 Å². The minimum absolute atomic E-state index is 0. The molecular formula is C13H27ClN2O. The van der Waals surface area contributed by atoms with Crippen LogP contribution in [0.4, 0.5) is 0 Å². The van der Waals surface area contributed by atoms with Crippen molar-refractivity contribution < 1.29 is 4.79 Å². The average molecular weight is 263 g/mol. The first-order chi connectivity index (χ1) is 7.56. The van der Waals surface area contributed by atoms with Gasteiger partial charge in [-0.2, -0.15) is 0 Å². The lowest BCUT2D eigenvalue weighted by molar-refractivity contribution is -0.134. The van der Waals surface area contributed by atoms with Gasteiger partial charge in [0.25, 0.3) is 0 Å². The lowest BCUT2D eigenvalue weighted by atomic mass is 9.95. The molecule has 1 aliphatic rings. The van der Waals surface area contributed by atoms with Gasteiger partial charge in [-0.25, -0.2) is 0 Å². The summed E-state index contributed by atoms with van der Waals surface area (Å²) in [5, 5.41) is 0. The van der Waals surface area contributed by atoms with Crippen LogP contribution < -0.4 is 5.73 Å². The molecule has 1 rings (SSSR count). The molecule has 17 heavy (non-hydrogen) atoms. The number of rotatable bonds is 3. The van der Waals surface area contributed by atoms with Gasteiger partial charge >= 0.3 is 0 Å². The summed E-state index contributed by atoms with van der Waals surface area (Å²) in [6.07, 6.45) is 4.03. The predicted octanol–water partition coefficient (Wildman–Crippen LogP) is 2.43. The van der Waals surface area contributed by atoms with Crippen LogP contribution in [-0.2, 0) is 4.79 Å². The molecule has 1 amide bonds. The van der Waals surface area contributed by atoms with Gasteiger partial charge in [0, 0.05) is 25.6 Å². The molecule has 102 valence electrons. The molecule has 0 spiro atoms. The molecule has 1 fully saturated rings. The van der Waals surface area contributed by atoms with Crippen molar-refractivity contribution in [1.82, 2.24) is 4.90 Å². The lowest BCUT2D eigenvalue weighted by Gasteiger charge is -2.33. The maximum atomic E-state index is 12.0. The van der Waals surface area contributed by atoms with Crippen LogP contribution in [-0.4, -0.2) is 29.9 Å². The Kier molecular flexibility index (Phi) is 7.80. The molecule has 0 aliphatic carbocycles. The number of hydrogen-bond acceptors (Lipinski definition) is 2. The van der Waals surface area contributed by atoms with E-state index in [9.17, 15) is 4.79 Å². The third-order valence-corrected chi connectivity index (χ3v) is 3.67. The summed E-state index contributed by atoms with van der Waals surface area (Å²) in [4.78, 5) is 14.1. The zero-order valence-corrected chi connectivity index (χ0v) is 12.1. The van der Waals surface area contributed by atoms with Crippen LogP contribution in [0.5, 0.6) is 0 Å². The third kappa shape index (κ3) is 4.84. The third-order valence-electron chi connectivity index (χ3n) is 3.67. The van der Waals surface area contributed by atoms with Crippen LogP contribution in [0.2, 0.25) is 0 Å². The Morgan fingerprint density at radius 3 is 2.53 bits per heavy atom. The Labute approximate surface area is 112 Å². The van der Waals surface area contributed by atoms with Gasteiger partial charge < -0.3 is 10.6 Å². The first-order valence-corrected chi connectivity index (χ1v) is 6.55. The molecule has 2 unspecified atom stereocenters. The maximum absolute atomic E-state index is 12.0. The van der Waals surface area contributed by atoms with E-state index in [1.807, 2.05) is 0 Å². The number of nitrogens with zero attached hydrogens (tertiary/aromatic N) is 1. The van der Waals surface area contributed by atoms with E-state index in [4.69, 9.17) is 5.73 Å². The average Bonchev–Trinajstić information content (AvgIpc) is 2.40. The predicted molar refractivity (Wildman–Crippen MR) is 74.3 cm³/mol. The van der Waals surface area contributed by atoms with Crippen molar-refractivity contribution in [3.63, 3.8) is 0 Å². The molecule has 0 bridgehead atoms. The van der Waals surface area contributed by atoms with E-state index in [2.05, 4.69) is 25.7 Å².